The predicted octanol–water partition coefficient (Wildman–Crippen LogP) is 5.62. The van der Waals surface area contributed by atoms with E-state index in [0.29, 0.717) is 92.5 Å². The van der Waals surface area contributed by atoms with E-state index >= 15 is 0 Å². The quantitative estimate of drug-likeness (QED) is 0.0494. The summed E-state index contributed by atoms with van der Waals surface area (Å²) in [7, 11) is 4.89. The van der Waals surface area contributed by atoms with Gasteiger partial charge in [-0.3, -0.25) is 14.7 Å². The van der Waals surface area contributed by atoms with E-state index in [1.54, 1.807) is 40.8 Å². The van der Waals surface area contributed by atoms with Gasteiger partial charge in [0.05, 0.1) is 19.4 Å². The molecule has 0 bridgehead atoms. The highest BCUT2D eigenvalue weighted by molar-refractivity contribution is 8.76. The minimum atomic E-state index is -0.318. The van der Waals surface area contributed by atoms with Crippen LogP contribution in [0.4, 0.5) is 20.7 Å². The molecule has 2 heterocycles. The molecule has 12 nitrogen and oxygen atoms in total. The van der Waals surface area contributed by atoms with Gasteiger partial charge in [0.15, 0.2) is 17.3 Å². The molecule has 2 aliphatic rings. The molecule has 0 spiro atoms. The Kier molecular flexibility index (Phi) is 15.3. The summed E-state index contributed by atoms with van der Waals surface area (Å²) in [5, 5.41) is 22.7. The molecule has 0 saturated carbocycles. The molecule has 1 aliphatic carbocycles. The van der Waals surface area contributed by atoms with Crippen LogP contribution in [0, 0.1) is 5.82 Å². The van der Waals surface area contributed by atoms with Crippen LogP contribution in [0.15, 0.2) is 36.4 Å². The lowest BCUT2D eigenvalue weighted by Crippen LogP contribution is -2.42. The van der Waals surface area contributed by atoms with E-state index in [4.69, 9.17) is 9.47 Å². The Hall–Kier alpha value is -3.76. The Bertz CT molecular complexity index is 1630. The summed E-state index contributed by atoms with van der Waals surface area (Å²) in [6, 6.07) is 10.1. The second kappa shape index (κ2) is 20.3. The normalized spacial score (nSPS) is 15.0. The zero-order chi connectivity index (χ0) is 35.8. The van der Waals surface area contributed by atoms with Crippen molar-refractivity contribution in [2.24, 2.45) is 0 Å². The smallest absolute Gasteiger partial charge is 0.314 e. The van der Waals surface area contributed by atoms with Gasteiger partial charge in [0.2, 0.25) is 11.8 Å². The van der Waals surface area contributed by atoms with Crippen molar-refractivity contribution >= 4 is 62.7 Å². The van der Waals surface area contributed by atoms with E-state index in [9.17, 15) is 18.8 Å². The van der Waals surface area contributed by atoms with E-state index in [1.807, 2.05) is 23.9 Å². The average molecular weight is 760 g/mol. The molecule has 1 unspecified atom stereocenters. The summed E-state index contributed by atoms with van der Waals surface area (Å²) in [5.74, 6) is 4.04. The molecular formula is C35H46FN7O5S3. The number of ether oxygens (including phenoxy) is 2. The van der Waals surface area contributed by atoms with Crippen LogP contribution in [0.5, 0.6) is 11.5 Å². The number of halogens is 1. The van der Waals surface area contributed by atoms with Crippen molar-refractivity contribution in [1.82, 2.24) is 31.5 Å². The monoisotopic (exact) mass is 759 g/mol. The lowest BCUT2D eigenvalue weighted by molar-refractivity contribution is -0.121. The molecule has 1 fully saturated rings. The number of aromatic amines is 1. The number of anilines is 2. The van der Waals surface area contributed by atoms with Crippen molar-refractivity contribution in [2.45, 2.75) is 50.2 Å². The highest BCUT2D eigenvalue weighted by Crippen LogP contribution is 2.44. The first-order chi connectivity index (χ1) is 24.9. The number of nitrogens with zero attached hydrogens (tertiary/aromatic N) is 1. The largest absolute Gasteiger partial charge is 0.493 e. The molecule has 3 aromatic rings. The zero-order valence-corrected chi connectivity index (χ0v) is 31.2. The molecule has 2 aromatic carbocycles. The Morgan fingerprint density at radius 1 is 1.02 bits per heavy atom. The van der Waals surface area contributed by atoms with Crippen LogP contribution in [0.1, 0.15) is 49.7 Å². The fraction of sp³-hybridized carbons (Fsp3) is 0.486. The molecule has 1 atom stereocenters. The highest BCUT2D eigenvalue weighted by Gasteiger charge is 2.27. The number of unbranched alkanes of at least 4 members (excludes halogenated alkanes) is 1. The Balaban J connectivity index is 0.896. The number of hydrogen-bond acceptors (Lipinski definition) is 10. The molecule has 276 valence electrons. The summed E-state index contributed by atoms with van der Waals surface area (Å²) in [6.45, 7) is 2.86. The van der Waals surface area contributed by atoms with Gasteiger partial charge in [-0.15, -0.1) is 0 Å². The fourth-order valence-corrected chi connectivity index (χ4v) is 8.70. The van der Waals surface area contributed by atoms with Gasteiger partial charge in [0.1, 0.15) is 5.82 Å². The van der Waals surface area contributed by atoms with Crippen molar-refractivity contribution in [1.29, 1.82) is 0 Å². The molecule has 1 aliphatic heterocycles. The molecular weight excluding hydrogens is 714 g/mol. The lowest BCUT2D eigenvalue weighted by Gasteiger charge is -2.20. The number of rotatable bonds is 20. The van der Waals surface area contributed by atoms with E-state index < -0.39 is 0 Å². The summed E-state index contributed by atoms with van der Waals surface area (Å²) < 4.78 is 25.3. The number of H-pyrrole nitrogens is 1. The predicted molar refractivity (Wildman–Crippen MR) is 205 cm³/mol. The molecule has 4 amide bonds. The first-order valence-electron chi connectivity index (χ1n) is 17.2. The molecule has 0 radical (unpaired) electrons. The van der Waals surface area contributed by atoms with Crippen LogP contribution >= 0.6 is 33.3 Å². The molecule has 51 heavy (non-hydrogen) atoms. The van der Waals surface area contributed by atoms with Gasteiger partial charge in [-0.1, -0.05) is 34.1 Å². The standard InChI is InChI=1S/C35H46FN7O5S3/c1-47-29-19-23-18-28-33(42-43-34(28)41-25-7-4-6-24(36)20-25)27(23)21-30(29)48-14-5-11-37-32(45)10-15-50-51-17-13-38-31(44)9-3-2-8-26-22-40-35(46)39-12-16-49-26/h4,6-7,19-21,26H,2-3,5,8-18,22H2,1H3,(H,37,45)(H,38,44)(H2,39,40,46)(H2,41,42,43). The van der Waals surface area contributed by atoms with E-state index in [0.717, 1.165) is 53.2 Å². The Morgan fingerprint density at radius 3 is 2.73 bits per heavy atom. The maximum atomic E-state index is 13.7. The fourth-order valence-electron chi connectivity index (χ4n) is 5.71. The van der Waals surface area contributed by atoms with Crippen LogP contribution in [0.2, 0.25) is 0 Å². The third-order valence-corrected chi connectivity index (χ3v) is 12.0. The van der Waals surface area contributed by atoms with Crippen LogP contribution in [0.3, 0.4) is 0 Å². The number of methoxy groups -OCH3 is 1. The number of benzene rings is 2. The number of thioether (sulfide) groups is 1. The van der Waals surface area contributed by atoms with Crippen molar-refractivity contribution in [3.63, 3.8) is 0 Å². The summed E-state index contributed by atoms with van der Waals surface area (Å²) >= 11 is 1.86. The minimum absolute atomic E-state index is 0.00204. The van der Waals surface area contributed by atoms with Gasteiger partial charge < -0.3 is 36.1 Å². The zero-order valence-electron chi connectivity index (χ0n) is 28.7. The molecule has 5 rings (SSSR count). The maximum absolute atomic E-state index is 13.7. The first-order valence-corrected chi connectivity index (χ1v) is 20.8. The number of nitrogens with one attached hydrogen (secondary N) is 6. The second-order valence-electron chi connectivity index (χ2n) is 12.1. The van der Waals surface area contributed by atoms with Gasteiger partial charge in [-0.25, -0.2) is 9.18 Å². The van der Waals surface area contributed by atoms with Crippen molar-refractivity contribution < 1.29 is 28.2 Å². The number of carbonyl (C=O) groups is 3. The number of aromatic nitrogens is 2. The van der Waals surface area contributed by atoms with Crippen LogP contribution in [0.25, 0.3) is 11.3 Å². The number of fused-ring (bicyclic) bond motifs is 3. The van der Waals surface area contributed by atoms with E-state index in [2.05, 4.69) is 36.8 Å². The van der Waals surface area contributed by atoms with Crippen LogP contribution in [-0.2, 0) is 16.0 Å². The summed E-state index contributed by atoms with van der Waals surface area (Å²) in [4.78, 5) is 35.9. The topological polar surface area (TPSA) is 158 Å². The Morgan fingerprint density at radius 2 is 1.86 bits per heavy atom. The second-order valence-corrected chi connectivity index (χ2v) is 16.2. The summed E-state index contributed by atoms with van der Waals surface area (Å²) in [5.41, 5.74) is 4.57. The van der Waals surface area contributed by atoms with Gasteiger partial charge in [-0.2, -0.15) is 16.9 Å². The van der Waals surface area contributed by atoms with Crippen LogP contribution in [-0.4, -0.2) is 90.4 Å². The van der Waals surface area contributed by atoms with Crippen molar-refractivity contribution in [3.8, 4) is 22.8 Å². The van der Waals surface area contributed by atoms with Gasteiger partial charge >= 0.3 is 6.03 Å². The number of carbonyl (C=O) groups excluding carboxylic acids is 3. The van der Waals surface area contributed by atoms with Gasteiger partial charge in [0, 0.05) is 84.8 Å². The minimum Gasteiger partial charge on any atom is -0.493 e. The SMILES string of the molecule is COc1cc2c(cc1OCCCNC(=O)CCSSCCNC(=O)CCCCC1CNC(=O)NCCS1)-c1[nH]nc(Nc3cccc(F)c3)c1C2. The Labute approximate surface area is 310 Å². The average Bonchev–Trinajstić information content (AvgIpc) is 3.67. The van der Waals surface area contributed by atoms with Gasteiger partial charge in [-0.05, 0) is 55.2 Å². The third kappa shape index (κ3) is 12.2. The van der Waals surface area contributed by atoms with E-state index in [-0.39, 0.29) is 23.7 Å². The third-order valence-electron chi connectivity index (χ3n) is 8.30. The number of amides is 4. The number of hydrogen-bond donors (Lipinski definition) is 6. The molecule has 1 aromatic heterocycles. The number of urea groups is 1. The summed E-state index contributed by atoms with van der Waals surface area (Å²) in [6.07, 6.45) is 5.02. The van der Waals surface area contributed by atoms with Crippen molar-refractivity contribution in [3.05, 3.63) is 53.3 Å². The first kappa shape index (κ1) is 38.5. The maximum Gasteiger partial charge on any atom is 0.314 e. The lowest BCUT2D eigenvalue weighted by atomic mass is 10.1. The molecule has 1 saturated heterocycles. The molecule has 16 heteroatoms. The van der Waals surface area contributed by atoms with Crippen LogP contribution < -0.4 is 36.1 Å². The van der Waals surface area contributed by atoms with Crippen molar-refractivity contribution in [2.75, 3.05) is 62.5 Å². The molecule has 6 N–H and O–H groups in total. The van der Waals surface area contributed by atoms with Gasteiger partial charge in [0.25, 0.3) is 0 Å². The van der Waals surface area contributed by atoms with E-state index in [1.165, 1.54) is 12.1 Å². The highest BCUT2D eigenvalue weighted by atomic mass is 33.1.